The Hall–Kier alpha value is -1.26. The summed E-state index contributed by atoms with van der Waals surface area (Å²) < 4.78 is 0. The average molecular weight is 184 g/mol. The molecule has 1 aliphatic rings. The molecule has 5 nitrogen and oxygen atoms in total. The lowest BCUT2D eigenvalue weighted by atomic mass is 9.97. The molecule has 4 N–H and O–H groups in total. The third kappa shape index (κ3) is 2.34. The van der Waals surface area contributed by atoms with Gasteiger partial charge < -0.3 is 16.0 Å². The number of piperidine rings is 1. The van der Waals surface area contributed by atoms with Crippen LogP contribution in [0.25, 0.3) is 0 Å². The smallest absolute Gasteiger partial charge is 0.224 e. The van der Waals surface area contributed by atoms with Gasteiger partial charge in [0.1, 0.15) is 0 Å². The fraction of sp³-hybridized carbons (Fsp3) is 0.750. The predicted octanol–water partition coefficient (Wildman–Crippen LogP) is -0.662. The highest BCUT2D eigenvalue weighted by molar-refractivity contribution is 5.80. The van der Waals surface area contributed by atoms with Crippen molar-refractivity contribution >= 4 is 11.9 Å². The van der Waals surface area contributed by atoms with Gasteiger partial charge in [-0.25, -0.2) is 0 Å². The van der Waals surface area contributed by atoms with Gasteiger partial charge in [-0.2, -0.15) is 0 Å². The van der Waals surface area contributed by atoms with Crippen LogP contribution in [-0.2, 0) is 4.79 Å². The summed E-state index contributed by atoms with van der Waals surface area (Å²) in [6, 6.07) is 0. The molecule has 0 bridgehead atoms. The van der Waals surface area contributed by atoms with Gasteiger partial charge in [0.25, 0.3) is 0 Å². The number of guanidine groups is 1. The third-order valence-corrected chi connectivity index (χ3v) is 2.38. The van der Waals surface area contributed by atoms with Crippen molar-refractivity contribution in [2.24, 2.45) is 11.7 Å². The van der Waals surface area contributed by atoms with E-state index in [0.717, 1.165) is 19.4 Å². The van der Waals surface area contributed by atoms with Gasteiger partial charge in [-0.3, -0.25) is 10.2 Å². The van der Waals surface area contributed by atoms with E-state index in [1.165, 1.54) is 0 Å². The number of nitrogens with zero attached hydrogens (tertiary/aromatic N) is 1. The minimum absolute atomic E-state index is 0.0114. The van der Waals surface area contributed by atoms with E-state index in [2.05, 4.69) is 5.32 Å². The number of carbonyl (C=O) groups excluding carboxylic acids is 1. The minimum atomic E-state index is -0.0114. The lowest BCUT2D eigenvalue weighted by molar-refractivity contribution is -0.125. The largest absolute Gasteiger partial charge is 0.370 e. The summed E-state index contributed by atoms with van der Waals surface area (Å²) in [5.74, 6) is 0.0993. The zero-order valence-corrected chi connectivity index (χ0v) is 7.84. The van der Waals surface area contributed by atoms with E-state index in [4.69, 9.17) is 11.1 Å². The molecule has 0 radical (unpaired) electrons. The lowest BCUT2D eigenvalue weighted by Gasteiger charge is -2.31. The quantitative estimate of drug-likeness (QED) is 0.373. The highest BCUT2D eigenvalue weighted by atomic mass is 16.1. The van der Waals surface area contributed by atoms with Gasteiger partial charge in [-0.15, -0.1) is 0 Å². The fourth-order valence-electron chi connectivity index (χ4n) is 1.61. The monoisotopic (exact) mass is 184 g/mol. The number of hydrogen-bond donors (Lipinski definition) is 3. The second-order valence-corrected chi connectivity index (χ2v) is 3.28. The first-order valence-corrected chi connectivity index (χ1v) is 4.45. The van der Waals surface area contributed by atoms with Gasteiger partial charge in [-0.05, 0) is 12.8 Å². The van der Waals surface area contributed by atoms with E-state index in [1.54, 1.807) is 11.9 Å². The van der Waals surface area contributed by atoms with Crippen LogP contribution in [0.1, 0.15) is 12.8 Å². The van der Waals surface area contributed by atoms with Crippen LogP contribution in [0.2, 0.25) is 0 Å². The summed E-state index contributed by atoms with van der Waals surface area (Å²) in [6.45, 7) is 1.37. The number of likely N-dealkylation sites (tertiary alicyclic amines) is 1. The molecule has 0 aliphatic carbocycles. The first-order chi connectivity index (χ1) is 6.15. The average Bonchev–Trinajstić information content (AvgIpc) is 2.17. The van der Waals surface area contributed by atoms with Gasteiger partial charge in [0.05, 0.1) is 5.92 Å². The molecule has 1 aliphatic heterocycles. The summed E-state index contributed by atoms with van der Waals surface area (Å²) in [5, 5.41) is 9.87. The van der Waals surface area contributed by atoms with Crippen LogP contribution in [0.5, 0.6) is 0 Å². The van der Waals surface area contributed by atoms with Crippen molar-refractivity contribution in [1.29, 1.82) is 5.41 Å². The predicted molar refractivity (Wildman–Crippen MR) is 50.3 cm³/mol. The van der Waals surface area contributed by atoms with Crippen LogP contribution in [0.3, 0.4) is 0 Å². The van der Waals surface area contributed by atoms with Crippen molar-refractivity contribution in [3.8, 4) is 0 Å². The molecule has 13 heavy (non-hydrogen) atoms. The van der Waals surface area contributed by atoms with Crippen molar-refractivity contribution in [3.63, 3.8) is 0 Å². The van der Waals surface area contributed by atoms with E-state index in [0.29, 0.717) is 6.54 Å². The molecular formula is C8H16N4O. The van der Waals surface area contributed by atoms with E-state index >= 15 is 0 Å². The maximum atomic E-state index is 11.3. The van der Waals surface area contributed by atoms with Gasteiger partial charge >= 0.3 is 0 Å². The van der Waals surface area contributed by atoms with Crippen LogP contribution >= 0.6 is 0 Å². The van der Waals surface area contributed by atoms with E-state index in [9.17, 15) is 4.79 Å². The Labute approximate surface area is 77.8 Å². The summed E-state index contributed by atoms with van der Waals surface area (Å²) >= 11 is 0. The van der Waals surface area contributed by atoms with E-state index < -0.39 is 0 Å². The molecule has 1 atom stereocenters. The summed E-state index contributed by atoms with van der Waals surface area (Å²) in [6.07, 6.45) is 1.82. The Kier molecular flexibility index (Phi) is 3.11. The Balaban J connectivity index is 2.51. The molecular weight excluding hydrogens is 168 g/mol. The Morgan fingerprint density at radius 3 is 2.92 bits per heavy atom. The highest BCUT2D eigenvalue weighted by Crippen LogP contribution is 2.15. The first kappa shape index (κ1) is 9.83. The number of carbonyl (C=O) groups is 1. The zero-order chi connectivity index (χ0) is 9.84. The maximum Gasteiger partial charge on any atom is 0.224 e. The molecule has 1 amide bonds. The third-order valence-electron chi connectivity index (χ3n) is 2.38. The number of nitrogens with one attached hydrogen (secondary N) is 2. The second kappa shape index (κ2) is 4.11. The lowest BCUT2D eigenvalue weighted by Crippen LogP contribution is -2.47. The van der Waals surface area contributed by atoms with Crippen molar-refractivity contribution in [2.45, 2.75) is 12.8 Å². The molecule has 1 unspecified atom stereocenters. The number of hydrogen-bond acceptors (Lipinski definition) is 2. The Morgan fingerprint density at radius 1 is 1.69 bits per heavy atom. The molecule has 74 valence electrons. The molecule has 5 heteroatoms. The van der Waals surface area contributed by atoms with Crippen LogP contribution in [0, 0.1) is 11.3 Å². The van der Waals surface area contributed by atoms with Crippen molar-refractivity contribution in [2.75, 3.05) is 20.1 Å². The molecule has 1 heterocycles. The molecule has 1 saturated heterocycles. The van der Waals surface area contributed by atoms with Crippen molar-refractivity contribution < 1.29 is 4.79 Å². The van der Waals surface area contributed by atoms with E-state index in [-0.39, 0.29) is 17.8 Å². The topological polar surface area (TPSA) is 82.2 Å². The van der Waals surface area contributed by atoms with Crippen LogP contribution in [-0.4, -0.2) is 36.9 Å². The Bertz CT molecular complexity index is 216. The van der Waals surface area contributed by atoms with Gasteiger partial charge in [0.15, 0.2) is 5.96 Å². The first-order valence-electron chi connectivity index (χ1n) is 4.45. The minimum Gasteiger partial charge on any atom is -0.370 e. The fourth-order valence-corrected chi connectivity index (χ4v) is 1.61. The molecule has 1 rings (SSSR count). The van der Waals surface area contributed by atoms with Crippen molar-refractivity contribution in [1.82, 2.24) is 10.2 Å². The molecule has 0 saturated carbocycles. The maximum absolute atomic E-state index is 11.3. The molecule has 0 aromatic rings. The van der Waals surface area contributed by atoms with Crippen LogP contribution < -0.4 is 11.1 Å². The molecule has 1 fully saturated rings. The normalized spacial score (nSPS) is 22.5. The van der Waals surface area contributed by atoms with Crippen molar-refractivity contribution in [3.05, 3.63) is 0 Å². The van der Waals surface area contributed by atoms with E-state index in [1.807, 2.05) is 0 Å². The second-order valence-electron chi connectivity index (χ2n) is 3.28. The van der Waals surface area contributed by atoms with Crippen LogP contribution in [0.4, 0.5) is 0 Å². The summed E-state index contributed by atoms with van der Waals surface area (Å²) in [4.78, 5) is 13.0. The zero-order valence-electron chi connectivity index (χ0n) is 7.84. The summed E-state index contributed by atoms with van der Waals surface area (Å²) in [5.41, 5.74) is 5.35. The van der Waals surface area contributed by atoms with Gasteiger partial charge in [0, 0.05) is 20.1 Å². The number of amides is 1. The molecule has 0 aromatic heterocycles. The standard InChI is InChI=1S/C8H16N4O/c1-11-7(13)6-3-2-4-12(5-6)8(9)10/h6H,2-5H2,1H3,(H3,9,10)(H,11,13). The molecule has 0 spiro atoms. The number of nitrogens with two attached hydrogens (primary N) is 1. The number of rotatable bonds is 1. The van der Waals surface area contributed by atoms with Gasteiger partial charge in [-0.1, -0.05) is 0 Å². The van der Waals surface area contributed by atoms with Gasteiger partial charge in [0.2, 0.25) is 5.91 Å². The Morgan fingerprint density at radius 2 is 2.38 bits per heavy atom. The van der Waals surface area contributed by atoms with Crippen LogP contribution in [0.15, 0.2) is 0 Å². The molecule has 0 aromatic carbocycles. The SMILES string of the molecule is CNC(=O)C1CCCN(C(=N)N)C1. The highest BCUT2D eigenvalue weighted by Gasteiger charge is 2.25. The summed E-state index contributed by atoms with van der Waals surface area (Å²) in [7, 11) is 1.63.